The van der Waals surface area contributed by atoms with Crippen molar-refractivity contribution >= 4 is 32.9 Å². The molecule has 176 valence electrons. The lowest BCUT2D eigenvalue weighted by molar-refractivity contribution is 0.0937. The van der Waals surface area contributed by atoms with Crippen molar-refractivity contribution in [3.8, 4) is 5.75 Å². The fraction of sp³-hybridized carbons (Fsp3) is 0.286. The quantitative estimate of drug-likeness (QED) is 0.248. The molecule has 0 fully saturated rings. The number of hydrogen-bond acceptors (Lipinski definition) is 3. The summed E-state index contributed by atoms with van der Waals surface area (Å²) in [5.41, 5.74) is 5.05. The smallest absolute Gasteiger partial charge is 0.251 e. The molecule has 1 heterocycles. The lowest BCUT2D eigenvalue weighted by atomic mass is 10.1. The first kappa shape index (κ1) is 24.0. The average molecular weight is 520 g/mol. The summed E-state index contributed by atoms with van der Waals surface area (Å²) in [6.07, 6.45) is 1.88. The number of carbonyl (C=O) groups is 1. The molecule has 1 N–H and O–H groups in total. The zero-order chi connectivity index (χ0) is 24.1. The summed E-state index contributed by atoms with van der Waals surface area (Å²) in [6.45, 7) is 7.63. The number of amides is 1. The number of carbonyl (C=O) groups excluding carboxylic acids is 1. The molecule has 1 aromatic heterocycles. The van der Waals surface area contributed by atoms with Crippen LogP contribution in [0.3, 0.4) is 0 Å². The third-order valence-corrected chi connectivity index (χ3v) is 6.42. The lowest BCUT2D eigenvalue weighted by Gasteiger charge is -2.17. The molecule has 4 aromatic rings. The van der Waals surface area contributed by atoms with Crippen LogP contribution in [0.5, 0.6) is 5.75 Å². The highest BCUT2D eigenvalue weighted by molar-refractivity contribution is 9.10. The molecule has 0 aliphatic heterocycles. The topological polar surface area (TPSA) is 56.1 Å². The minimum absolute atomic E-state index is 0.111. The van der Waals surface area contributed by atoms with Crippen LogP contribution in [0.2, 0.25) is 0 Å². The number of aromatic nitrogens is 2. The van der Waals surface area contributed by atoms with Gasteiger partial charge in [-0.3, -0.25) is 4.79 Å². The van der Waals surface area contributed by atoms with E-state index in [9.17, 15) is 4.79 Å². The molecule has 6 heteroatoms. The van der Waals surface area contributed by atoms with Crippen LogP contribution in [-0.4, -0.2) is 22.1 Å². The number of benzene rings is 3. The molecule has 1 unspecified atom stereocenters. The number of halogens is 1. The van der Waals surface area contributed by atoms with E-state index in [2.05, 4.69) is 57.9 Å². The summed E-state index contributed by atoms with van der Waals surface area (Å²) in [4.78, 5) is 17.6. The van der Waals surface area contributed by atoms with Crippen molar-refractivity contribution in [1.29, 1.82) is 0 Å². The van der Waals surface area contributed by atoms with E-state index in [1.165, 1.54) is 11.1 Å². The van der Waals surface area contributed by atoms with Crippen molar-refractivity contribution < 1.29 is 9.53 Å². The molecule has 0 saturated carbocycles. The van der Waals surface area contributed by atoms with Gasteiger partial charge < -0.3 is 14.6 Å². The van der Waals surface area contributed by atoms with Crippen molar-refractivity contribution in [2.24, 2.45) is 0 Å². The summed E-state index contributed by atoms with van der Waals surface area (Å²) in [6, 6.07) is 21.5. The maximum absolute atomic E-state index is 12.8. The maximum Gasteiger partial charge on any atom is 0.251 e. The fourth-order valence-electron chi connectivity index (χ4n) is 4.12. The van der Waals surface area contributed by atoms with Crippen molar-refractivity contribution in [3.63, 3.8) is 0 Å². The van der Waals surface area contributed by atoms with Crippen LogP contribution >= 0.6 is 15.9 Å². The lowest BCUT2D eigenvalue weighted by Crippen LogP contribution is -2.28. The first-order chi connectivity index (χ1) is 16.4. The monoisotopic (exact) mass is 519 g/mol. The highest BCUT2D eigenvalue weighted by Gasteiger charge is 2.19. The number of nitrogens with one attached hydrogen (secondary N) is 1. The second kappa shape index (κ2) is 10.9. The van der Waals surface area contributed by atoms with Crippen LogP contribution in [0.15, 0.2) is 71.2 Å². The van der Waals surface area contributed by atoms with Crippen LogP contribution in [0.4, 0.5) is 0 Å². The van der Waals surface area contributed by atoms with E-state index in [0.29, 0.717) is 12.2 Å². The molecule has 4 rings (SSSR count). The number of nitrogens with zero attached hydrogens (tertiary/aromatic N) is 2. The largest absolute Gasteiger partial charge is 0.493 e. The average Bonchev–Trinajstić information content (AvgIpc) is 3.19. The van der Waals surface area contributed by atoms with Gasteiger partial charge in [-0.1, -0.05) is 45.8 Å². The van der Waals surface area contributed by atoms with Crippen molar-refractivity contribution in [2.75, 3.05) is 6.61 Å². The Kier molecular flexibility index (Phi) is 7.68. The molecule has 5 nitrogen and oxygen atoms in total. The molecule has 0 radical (unpaired) electrons. The number of aryl methyl sites for hydroxylation is 3. The van der Waals surface area contributed by atoms with Gasteiger partial charge in [0.05, 0.1) is 23.7 Å². The highest BCUT2D eigenvalue weighted by Crippen LogP contribution is 2.23. The predicted molar refractivity (Wildman–Crippen MR) is 140 cm³/mol. The standard InChI is InChI=1S/C28H30BrN3O2/c1-19-10-15-26(20(2)18-19)34-17-7-6-16-32-25-9-5-4-8-24(25)31-27(32)21(3)30-28(33)22-11-13-23(29)14-12-22/h4-5,8-15,18,21H,6-7,16-17H2,1-3H3,(H,30,33). The molecule has 0 aliphatic carbocycles. The van der Waals surface area contributed by atoms with Crippen LogP contribution in [0.1, 0.15) is 53.1 Å². The van der Waals surface area contributed by atoms with Gasteiger partial charge in [0, 0.05) is 16.6 Å². The zero-order valence-corrected chi connectivity index (χ0v) is 21.4. The van der Waals surface area contributed by atoms with Crippen LogP contribution < -0.4 is 10.1 Å². The van der Waals surface area contributed by atoms with Crippen molar-refractivity contribution in [3.05, 3.63) is 93.7 Å². The maximum atomic E-state index is 12.8. The molecular formula is C28H30BrN3O2. The van der Waals surface area contributed by atoms with Gasteiger partial charge in [-0.2, -0.15) is 0 Å². The van der Waals surface area contributed by atoms with Crippen LogP contribution in [0, 0.1) is 13.8 Å². The Morgan fingerprint density at radius 3 is 2.59 bits per heavy atom. The van der Waals surface area contributed by atoms with E-state index in [1.807, 2.05) is 55.5 Å². The van der Waals surface area contributed by atoms with Gasteiger partial charge in [0.25, 0.3) is 5.91 Å². The summed E-state index contributed by atoms with van der Waals surface area (Å²) >= 11 is 3.41. The highest BCUT2D eigenvalue weighted by atomic mass is 79.9. The SMILES string of the molecule is Cc1ccc(OCCCCn2c(C(C)NC(=O)c3ccc(Br)cc3)nc3ccccc32)c(C)c1. The molecule has 3 aromatic carbocycles. The molecule has 1 amide bonds. The van der Waals surface area contributed by atoms with Gasteiger partial charge in [-0.25, -0.2) is 4.98 Å². The van der Waals surface area contributed by atoms with Gasteiger partial charge in [0.2, 0.25) is 0 Å². The molecule has 34 heavy (non-hydrogen) atoms. The molecule has 0 bridgehead atoms. The zero-order valence-electron chi connectivity index (χ0n) is 19.8. The molecule has 0 aliphatic rings. The molecule has 1 atom stereocenters. The second-order valence-corrected chi connectivity index (χ2v) is 9.55. The van der Waals surface area contributed by atoms with Crippen LogP contribution in [0.25, 0.3) is 11.0 Å². The van der Waals surface area contributed by atoms with E-state index >= 15 is 0 Å². The number of fused-ring (bicyclic) bond motifs is 1. The third-order valence-electron chi connectivity index (χ3n) is 5.89. The Balaban J connectivity index is 1.42. The Morgan fingerprint density at radius 1 is 1.06 bits per heavy atom. The van der Waals surface area contributed by atoms with Crippen molar-refractivity contribution in [2.45, 2.75) is 46.2 Å². The Bertz CT molecular complexity index is 1280. The van der Waals surface area contributed by atoms with Gasteiger partial charge >= 0.3 is 0 Å². The number of rotatable bonds is 9. The summed E-state index contributed by atoms with van der Waals surface area (Å²) in [7, 11) is 0. The second-order valence-electron chi connectivity index (χ2n) is 8.64. The number of unbranched alkanes of at least 4 members (excludes halogenated alkanes) is 1. The number of imidazole rings is 1. The van der Waals surface area contributed by atoms with E-state index in [1.54, 1.807) is 0 Å². The molecule has 0 spiro atoms. The molecular weight excluding hydrogens is 490 g/mol. The Hall–Kier alpha value is -3.12. The summed E-state index contributed by atoms with van der Waals surface area (Å²) in [5.74, 6) is 1.70. The van der Waals surface area contributed by atoms with Gasteiger partial charge in [0.15, 0.2) is 0 Å². The molecule has 0 saturated heterocycles. The Labute approximate surface area is 209 Å². The predicted octanol–water partition coefficient (Wildman–Crippen LogP) is 6.77. The summed E-state index contributed by atoms with van der Waals surface area (Å²) in [5, 5.41) is 3.10. The summed E-state index contributed by atoms with van der Waals surface area (Å²) < 4.78 is 9.17. The third kappa shape index (κ3) is 5.68. The van der Waals surface area contributed by atoms with Gasteiger partial charge in [0.1, 0.15) is 11.6 Å². The van der Waals surface area contributed by atoms with E-state index in [-0.39, 0.29) is 11.9 Å². The minimum atomic E-state index is -0.227. The number of para-hydroxylation sites is 2. The van der Waals surface area contributed by atoms with Crippen LogP contribution in [-0.2, 0) is 6.54 Å². The van der Waals surface area contributed by atoms with Gasteiger partial charge in [-0.15, -0.1) is 0 Å². The van der Waals surface area contributed by atoms with E-state index in [0.717, 1.165) is 46.5 Å². The Morgan fingerprint density at radius 2 is 1.82 bits per heavy atom. The fourth-order valence-corrected chi connectivity index (χ4v) is 4.39. The van der Waals surface area contributed by atoms with E-state index < -0.39 is 0 Å². The minimum Gasteiger partial charge on any atom is -0.493 e. The number of ether oxygens (including phenoxy) is 1. The normalized spacial score (nSPS) is 12.0. The van der Waals surface area contributed by atoms with Crippen molar-refractivity contribution in [1.82, 2.24) is 14.9 Å². The van der Waals surface area contributed by atoms with E-state index in [4.69, 9.17) is 9.72 Å². The van der Waals surface area contributed by atoms with Gasteiger partial charge in [-0.05, 0) is 81.6 Å². The first-order valence-corrected chi connectivity index (χ1v) is 12.4. The number of hydrogen-bond donors (Lipinski definition) is 1. The first-order valence-electron chi connectivity index (χ1n) is 11.6.